The molecule has 2 nitrogen and oxygen atoms in total. The van der Waals surface area contributed by atoms with E-state index in [0.29, 0.717) is 5.56 Å². The van der Waals surface area contributed by atoms with E-state index in [1.807, 2.05) is 6.92 Å². The monoisotopic (exact) mass is 282 g/mol. The maximum absolute atomic E-state index is 13.2. The standard InChI is InChI=1S/C16H24F2N2/c1-12(14-9-15(17)11-16(18)10-14)19-6-3-13-4-7-20(2)8-5-13/h9-13,19H,3-8H2,1-2H3. The Morgan fingerprint density at radius 1 is 1.20 bits per heavy atom. The minimum atomic E-state index is -0.510. The smallest absolute Gasteiger partial charge is 0.126 e. The van der Waals surface area contributed by atoms with Gasteiger partial charge >= 0.3 is 0 Å². The summed E-state index contributed by atoms with van der Waals surface area (Å²) in [6.45, 7) is 5.20. The lowest BCUT2D eigenvalue weighted by atomic mass is 9.93. The van der Waals surface area contributed by atoms with Gasteiger partial charge in [0.05, 0.1) is 0 Å². The van der Waals surface area contributed by atoms with Gasteiger partial charge in [-0.3, -0.25) is 0 Å². The predicted molar refractivity (Wildman–Crippen MR) is 77.6 cm³/mol. The molecule has 1 heterocycles. The van der Waals surface area contributed by atoms with E-state index < -0.39 is 11.6 Å². The first kappa shape index (κ1) is 15.4. The van der Waals surface area contributed by atoms with Gasteiger partial charge in [0.2, 0.25) is 0 Å². The Bertz CT molecular complexity index is 408. The van der Waals surface area contributed by atoms with Crippen LogP contribution in [0.3, 0.4) is 0 Å². The molecule has 0 bridgehead atoms. The Kier molecular flexibility index (Phi) is 5.49. The van der Waals surface area contributed by atoms with Gasteiger partial charge in [-0.15, -0.1) is 0 Å². The SMILES string of the molecule is CC(NCCC1CCN(C)CC1)c1cc(F)cc(F)c1. The summed E-state index contributed by atoms with van der Waals surface area (Å²) in [6.07, 6.45) is 3.64. The number of hydrogen-bond donors (Lipinski definition) is 1. The molecule has 1 aromatic rings. The molecule has 112 valence electrons. The van der Waals surface area contributed by atoms with Crippen LogP contribution in [0, 0.1) is 17.6 Å². The molecule has 1 fully saturated rings. The van der Waals surface area contributed by atoms with Gasteiger partial charge in [0.1, 0.15) is 11.6 Å². The molecule has 1 atom stereocenters. The van der Waals surface area contributed by atoms with Crippen molar-refractivity contribution in [3.63, 3.8) is 0 Å². The first-order valence-corrected chi connectivity index (χ1v) is 7.42. The van der Waals surface area contributed by atoms with E-state index in [0.717, 1.165) is 24.9 Å². The predicted octanol–water partition coefficient (Wildman–Crippen LogP) is 3.35. The van der Waals surface area contributed by atoms with Crippen molar-refractivity contribution in [1.29, 1.82) is 0 Å². The molecular formula is C16H24F2N2. The van der Waals surface area contributed by atoms with E-state index in [1.165, 1.54) is 38.1 Å². The molecule has 1 saturated heterocycles. The first-order chi connectivity index (χ1) is 9.54. The van der Waals surface area contributed by atoms with Gasteiger partial charge in [0.25, 0.3) is 0 Å². The highest BCUT2D eigenvalue weighted by Crippen LogP contribution is 2.20. The Hall–Kier alpha value is -1.00. The van der Waals surface area contributed by atoms with Crippen LogP contribution in [0.2, 0.25) is 0 Å². The van der Waals surface area contributed by atoms with Crippen LogP contribution < -0.4 is 5.32 Å². The van der Waals surface area contributed by atoms with Crippen LogP contribution >= 0.6 is 0 Å². The lowest BCUT2D eigenvalue weighted by molar-refractivity contribution is 0.211. The number of piperidine rings is 1. The molecule has 1 aliphatic rings. The van der Waals surface area contributed by atoms with Gasteiger partial charge < -0.3 is 10.2 Å². The molecule has 2 rings (SSSR count). The Morgan fingerprint density at radius 3 is 2.40 bits per heavy atom. The fraction of sp³-hybridized carbons (Fsp3) is 0.625. The molecule has 0 amide bonds. The van der Waals surface area contributed by atoms with E-state index in [1.54, 1.807) is 0 Å². The number of rotatable bonds is 5. The molecule has 4 heteroatoms. The van der Waals surface area contributed by atoms with Crippen molar-refractivity contribution in [3.8, 4) is 0 Å². The number of benzene rings is 1. The van der Waals surface area contributed by atoms with Crippen molar-refractivity contribution in [2.75, 3.05) is 26.7 Å². The Morgan fingerprint density at radius 2 is 1.80 bits per heavy atom. The summed E-state index contributed by atoms with van der Waals surface area (Å²) in [5.41, 5.74) is 0.672. The number of hydrogen-bond acceptors (Lipinski definition) is 2. The van der Waals surface area contributed by atoms with Crippen molar-refractivity contribution < 1.29 is 8.78 Å². The third kappa shape index (κ3) is 4.53. The molecule has 1 unspecified atom stereocenters. The molecule has 1 N–H and O–H groups in total. The summed E-state index contributed by atoms with van der Waals surface area (Å²) in [5.74, 6) is -0.247. The third-order valence-electron chi connectivity index (χ3n) is 4.23. The Labute approximate surface area is 120 Å². The summed E-state index contributed by atoms with van der Waals surface area (Å²) in [6, 6.07) is 3.69. The zero-order valence-electron chi connectivity index (χ0n) is 12.3. The molecule has 0 radical (unpaired) electrons. The van der Waals surface area contributed by atoms with Crippen molar-refractivity contribution in [1.82, 2.24) is 10.2 Å². The summed E-state index contributed by atoms with van der Waals surface area (Å²) >= 11 is 0. The van der Waals surface area contributed by atoms with Crippen LogP contribution in [0.25, 0.3) is 0 Å². The maximum Gasteiger partial charge on any atom is 0.126 e. The minimum absolute atomic E-state index is 0.0218. The average molecular weight is 282 g/mol. The van der Waals surface area contributed by atoms with Gasteiger partial charge in [0.15, 0.2) is 0 Å². The third-order valence-corrected chi connectivity index (χ3v) is 4.23. The Balaban J connectivity index is 1.76. The second-order valence-electron chi connectivity index (χ2n) is 5.91. The molecule has 0 spiro atoms. The van der Waals surface area contributed by atoms with E-state index >= 15 is 0 Å². The fourth-order valence-corrected chi connectivity index (χ4v) is 2.80. The fourth-order valence-electron chi connectivity index (χ4n) is 2.80. The minimum Gasteiger partial charge on any atom is -0.310 e. The van der Waals surface area contributed by atoms with Crippen LogP contribution in [0.1, 0.15) is 37.8 Å². The first-order valence-electron chi connectivity index (χ1n) is 7.42. The van der Waals surface area contributed by atoms with Crippen molar-refractivity contribution >= 4 is 0 Å². The highest BCUT2D eigenvalue weighted by atomic mass is 19.1. The highest BCUT2D eigenvalue weighted by Gasteiger charge is 2.16. The average Bonchev–Trinajstić information content (AvgIpc) is 2.40. The lowest BCUT2D eigenvalue weighted by Crippen LogP contribution is -2.32. The normalized spacial score (nSPS) is 19.2. The van der Waals surface area contributed by atoms with Gasteiger partial charge in [-0.25, -0.2) is 8.78 Å². The van der Waals surface area contributed by atoms with E-state index in [4.69, 9.17) is 0 Å². The van der Waals surface area contributed by atoms with Crippen LogP contribution in [-0.2, 0) is 0 Å². The second kappa shape index (κ2) is 7.14. The molecule has 0 aromatic heterocycles. The van der Waals surface area contributed by atoms with E-state index in [2.05, 4.69) is 17.3 Å². The zero-order chi connectivity index (χ0) is 14.5. The number of likely N-dealkylation sites (tertiary alicyclic amines) is 1. The van der Waals surface area contributed by atoms with Crippen LogP contribution in [-0.4, -0.2) is 31.6 Å². The van der Waals surface area contributed by atoms with Gasteiger partial charge in [-0.05, 0) is 76.5 Å². The summed E-state index contributed by atoms with van der Waals surface area (Å²) < 4.78 is 26.3. The topological polar surface area (TPSA) is 15.3 Å². The largest absolute Gasteiger partial charge is 0.310 e. The molecule has 1 aromatic carbocycles. The van der Waals surface area contributed by atoms with Crippen molar-refractivity contribution in [3.05, 3.63) is 35.4 Å². The number of halogens is 2. The molecule has 0 aliphatic carbocycles. The summed E-state index contributed by atoms with van der Waals surface area (Å²) in [4.78, 5) is 2.36. The highest BCUT2D eigenvalue weighted by molar-refractivity contribution is 5.20. The van der Waals surface area contributed by atoms with E-state index in [9.17, 15) is 8.78 Å². The summed E-state index contributed by atoms with van der Waals surface area (Å²) in [7, 11) is 2.16. The van der Waals surface area contributed by atoms with Crippen LogP contribution in [0.15, 0.2) is 18.2 Å². The molecule has 1 aliphatic heterocycles. The number of nitrogens with zero attached hydrogens (tertiary/aromatic N) is 1. The zero-order valence-corrected chi connectivity index (χ0v) is 12.3. The molecule has 20 heavy (non-hydrogen) atoms. The van der Waals surface area contributed by atoms with Crippen molar-refractivity contribution in [2.24, 2.45) is 5.92 Å². The maximum atomic E-state index is 13.2. The van der Waals surface area contributed by atoms with Gasteiger partial charge in [-0.1, -0.05) is 0 Å². The van der Waals surface area contributed by atoms with Gasteiger partial charge in [-0.2, -0.15) is 0 Å². The van der Waals surface area contributed by atoms with Crippen LogP contribution in [0.5, 0.6) is 0 Å². The number of nitrogens with one attached hydrogen (secondary N) is 1. The lowest BCUT2D eigenvalue weighted by Gasteiger charge is -2.29. The van der Waals surface area contributed by atoms with Crippen molar-refractivity contribution in [2.45, 2.75) is 32.2 Å². The molecule has 0 saturated carbocycles. The van der Waals surface area contributed by atoms with Crippen LogP contribution in [0.4, 0.5) is 8.78 Å². The van der Waals surface area contributed by atoms with E-state index in [-0.39, 0.29) is 6.04 Å². The quantitative estimate of drug-likeness (QED) is 0.891. The second-order valence-corrected chi connectivity index (χ2v) is 5.91. The summed E-state index contributed by atoms with van der Waals surface area (Å²) in [5, 5.41) is 3.36. The van der Waals surface area contributed by atoms with Gasteiger partial charge in [0, 0.05) is 12.1 Å². The molecular weight excluding hydrogens is 258 g/mol.